The van der Waals surface area contributed by atoms with Gasteiger partial charge in [0.05, 0.1) is 16.5 Å². The first-order chi connectivity index (χ1) is 14.6. The van der Waals surface area contributed by atoms with Crippen molar-refractivity contribution in [3.05, 3.63) is 94.3 Å². The number of nitrogens with one attached hydrogen (secondary N) is 1. The van der Waals surface area contributed by atoms with Crippen molar-refractivity contribution in [3.63, 3.8) is 0 Å². The molecule has 162 valence electrons. The van der Waals surface area contributed by atoms with Crippen molar-refractivity contribution in [1.82, 2.24) is 4.31 Å². The van der Waals surface area contributed by atoms with E-state index in [4.69, 9.17) is 11.6 Å². The minimum atomic E-state index is -3.94. The van der Waals surface area contributed by atoms with Crippen LogP contribution in [0.15, 0.2) is 71.6 Å². The lowest BCUT2D eigenvalue weighted by Crippen LogP contribution is -2.37. The van der Waals surface area contributed by atoms with E-state index in [9.17, 15) is 17.6 Å². The van der Waals surface area contributed by atoms with Crippen LogP contribution in [0.1, 0.15) is 16.7 Å². The van der Waals surface area contributed by atoms with E-state index in [-0.39, 0.29) is 22.2 Å². The molecule has 8 heteroatoms. The fraction of sp³-hybridized carbons (Fsp3) is 0.174. The number of nitrogens with zero attached hydrogens (tertiary/aromatic N) is 1. The lowest BCUT2D eigenvalue weighted by atomic mass is 10.1. The van der Waals surface area contributed by atoms with Crippen molar-refractivity contribution >= 4 is 33.2 Å². The molecule has 0 aliphatic carbocycles. The molecule has 0 saturated heterocycles. The Hall–Kier alpha value is -2.74. The lowest BCUT2D eigenvalue weighted by molar-refractivity contribution is -0.116. The van der Waals surface area contributed by atoms with Gasteiger partial charge in [0.2, 0.25) is 15.9 Å². The summed E-state index contributed by atoms with van der Waals surface area (Å²) in [7, 11) is -3.94. The van der Waals surface area contributed by atoms with E-state index in [1.807, 2.05) is 38.1 Å². The monoisotopic (exact) mass is 460 g/mol. The summed E-state index contributed by atoms with van der Waals surface area (Å²) in [6.07, 6.45) is 0. The van der Waals surface area contributed by atoms with Crippen LogP contribution in [0.2, 0.25) is 5.02 Å². The summed E-state index contributed by atoms with van der Waals surface area (Å²) in [4.78, 5) is 12.8. The van der Waals surface area contributed by atoms with Crippen LogP contribution >= 0.6 is 11.6 Å². The number of hydrogen-bond donors (Lipinski definition) is 1. The number of rotatable bonds is 7. The van der Waals surface area contributed by atoms with Crippen LogP contribution in [0, 0.1) is 19.7 Å². The van der Waals surface area contributed by atoms with Gasteiger partial charge in [0.1, 0.15) is 5.82 Å². The van der Waals surface area contributed by atoms with Crippen molar-refractivity contribution < 1.29 is 17.6 Å². The molecule has 3 aromatic carbocycles. The van der Waals surface area contributed by atoms with Crippen LogP contribution in [0.3, 0.4) is 0 Å². The van der Waals surface area contributed by atoms with Crippen LogP contribution in [0.4, 0.5) is 10.1 Å². The topological polar surface area (TPSA) is 66.5 Å². The van der Waals surface area contributed by atoms with Crippen molar-refractivity contribution in [3.8, 4) is 0 Å². The second kappa shape index (κ2) is 9.60. The molecule has 5 nitrogen and oxygen atoms in total. The Bertz CT molecular complexity index is 1200. The van der Waals surface area contributed by atoms with E-state index in [1.165, 1.54) is 24.3 Å². The van der Waals surface area contributed by atoms with Crippen LogP contribution in [0.5, 0.6) is 0 Å². The predicted octanol–water partition coefficient (Wildman–Crippen LogP) is 4.93. The SMILES string of the molecule is Cc1ccc(S(=O)(=O)N(CC(=O)Nc2ccc(F)c(Cl)c2)Cc2cccc(C)c2)cc1. The van der Waals surface area contributed by atoms with Crippen LogP contribution < -0.4 is 5.32 Å². The van der Waals surface area contributed by atoms with E-state index in [2.05, 4.69) is 5.32 Å². The number of aryl methyl sites for hydroxylation is 2. The maximum atomic E-state index is 13.4. The highest BCUT2D eigenvalue weighted by Gasteiger charge is 2.27. The average Bonchev–Trinajstić information content (AvgIpc) is 2.70. The quantitative estimate of drug-likeness (QED) is 0.544. The van der Waals surface area contributed by atoms with E-state index in [1.54, 1.807) is 12.1 Å². The molecule has 0 spiro atoms. The molecular formula is C23H22ClFN2O3S. The molecule has 0 heterocycles. The zero-order chi connectivity index (χ0) is 22.6. The fourth-order valence-electron chi connectivity index (χ4n) is 3.03. The van der Waals surface area contributed by atoms with E-state index >= 15 is 0 Å². The smallest absolute Gasteiger partial charge is 0.243 e. The van der Waals surface area contributed by atoms with Gasteiger partial charge in [-0.1, -0.05) is 59.1 Å². The third-order valence-electron chi connectivity index (χ3n) is 4.62. The maximum Gasteiger partial charge on any atom is 0.243 e. The number of anilines is 1. The molecule has 3 aromatic rings. The second-order valence-electron chi connectivity index (χ2n) is 7.25. The Morgan fingerprint density at radius 3 is 2.35 bits per heavy atom. The van der Waals surface area contributed by atoms with Crippen molar-refractivity contribution in [2.75, 3.05) is 11.9 Å². The molecule has 0 fully saturated rings. The molecule has 0 aromatic heterocycles. The molecule has 1 amide bonds. The van der Waals surface area contributed by atoms with Gasteiger partial charge in [-0.2, -0.15) is 4.31 Å². The number of benzene rings is 3. The molecule has 0 saturated carbocycles. The standard InChI is InChI=1S/C23H22ClFN2O3S/c1-16-6-9-20(10-7-16)31(29,30)27(14-18-5-3-4-17(2)12-18)15-23(28)26-19-8-11-22(25)21(24)13-19/h3-13H,14-15H2,1-2H3,(H,26,28). The number of halogens is 2. The fourth-order valence-corrected chi connectivity index (χ4v) is 4.60. The Kier molecular flexibility index (Phi) is 7.10. The Morgan fingerprint density at radius 2 is 1.71 bits per heavy atom. The maximum absolute atomic E-state index is 13.4. The van der Waals surface area contributed by atoms with E-state index in [0.717, 1.165) is 27.1 Å². The van der Waals surface area contributed by atoms with Gasteiger partial charge >= 0.3 is 0 Å². The predicted molar refractivity (Wildman–Crippen MR) is 120 cm³/mol. The Balaban J connectivity index is 1.88. The summed E-state index contributed by atoms with van der Waals surface area (Å²) >= 11 is 5.76. The molecule has 0 unspecified atom stereocenters. The van der Waals surface area contributed by atoms with Gasteiger partial charge in [-0.15, -0.1) is 0 Å². The normalized spacial score (nSPS) is 11.5. The summed E-state index contributed by atoms with van der Waals surface area (Å²) in [5.41, 5.74) is 2.94. The first-order valence-corrected chi connectivity index (χ1v) is 11.3. The summed E-state index contributed by atoms with van der Waals surface area (Å²) in [5, 5.41) is 2.44. The minimum absolute atomic E-state index is 0.0233. The zero-order valence-corrected chi connectivity index (χ0v) is 18.7. The number of amides is 1. The molecule has 0 aliphatic rings. The number of carbonyl (C=O) groups excluding carboxylic acids is 1. The summed E-state index contributed by atoms with van der Waals surface area (Å²) in [5.74, 6) is -1.17. The van der Waals surface area contributed by atoms with E-state index in [0.29, 0.717) is 0 Å². The van der Waals surface area contributed by atoms with Crippen LogP contribution in [-0.2, 0) is 21.4 Å². The molecule has 0 radical (unpaired) electrons. The first-order valence-electron chi connectivity index (χ1n) is 9.52. The molecule has 0 bridgehead atoms. The van der Waals surface area contributed by atoms with Crippen molar-refractivity contribution in [1.29, 1.82) is 0 Å². The second-order valence-corrected chi connectivity index (χ2v) is 9.60. The molecule has 0 aliphatic heterocycles. The van der Waals surface area contributed by atoms with Gasteiger partial charge in [0.15, 0.2) is 0 Å². The Morgan fingerprint density at radius 1 is 1.00 bits per heavy atom. The highest BCUT2D eigenvalue weighted by Crippen LogP contribution is 2.22. The summed E-state index contributed by atoms with van der Waals surface area (Å²) in [6.45, 7) is 3.38. The van der Waals surface area contributed by atoms with Gasteiger partial charge < -0.3 is 5.32 Å². The molecule has 1 N–H and O–H groups in total. The average molecular weight is 461 g/mol. The molecule has 31 heavy (non-hydrogen) atoms. The number of sulfonamides is 1. The molecule has 0 atom stereocenters. The highest BCUT2D eigenvalue weighted by atomic mass is 35.5. The van der Waals surface area contributed by atoms with Gasteiger partial charge in [0, 0.05) is 12.2 Å². The number of hydrogen-bond acceptors (Lipinski definition) is 3. The zero-order valence-electron chi connectivity index (χ0n) is 17.1. The summed E-state index contributed by atoms with van der Waals surface area (Å²) < 4.78 is 41.1. The third-order valence-corrected chi connectivity index (χ3v) is 6.72. The third kappa shape index (κ3) is 5.91. The minimum Gasteiger partial charge on any atom is -0.325 e. The van der Waals surface area contributed by atoms with Crippen molar-refractivity contribution in [2.24, 2.45) is 0 Å². The van der Waals surface area contributed by atoms with Crippen molar-refractivity contribution in [2.45, 2.75) is 25.3 Å². The molecular weight excluding hydrogens is 439 g/mol. The highest BCUT2D eigenvalue weighted by molar-refractivity contribution is 7.89. The van der Waals surface area contributed by atoms with Crippen LogP contribution in [0.25, 0.3) is 0 Å². The largest absolute Gasteiger partial charge is 0.325 e. The first kappa shape index (κ1) is 22.9. The van der Waals surface area contributed by atoms with Gasteiger partial charge in [-0.25, -0.2) is 12.8 Å². The van der Waals surface area contributed by atoms with Gasteiger partial charge in [0.25, 0.3) is 0 Å². The Labute approximate surface area is 186 Å². The molecule has 3 rings (SSSR count). The van der Waals surface area contributed by atoms with Crippen LogP contribution in [-0.4, -0.2) is 25.2 Å². The van der Waals surface area contributed by atoms with Gasteiger partial charge in [-0.3, -0.25) is 4.79 Å². The number of carbonyl (C=O) groups is 1. The van der Waals surface area contributed by atoms with E-state index < -0.39 is 28.3 Å². The lowest BCUT2D eigenvalue weighted by Gasteiger charge is -2.22. The van der Waals surface area contributed by atoms with Gasteiger partial charge in [-0.05, 0) is 49.7 Å². The summed E-state index contributed by atoms with van der Waals surface area (Å²) in [6, 6.07) is 17.6.